The Morgan fingerprint density at radius 2 is 2.12 bits per heavy atom. The van der Waals surface area contributed by atoms with Crippen LogP contribution in [0.3, 0.4) is 0 Å². The summed E-state index contributed by atoms with van der Waals surface area (Å²) in [5, 5.41) is 13.9. The summed E-state index contributed by atoms with van der Waals surface area (Å²) < 4.78 is 5.22. The van der Waals surface area contributed by atoms with Gasteiger partial charge in [0.25, 0.3) is 5.69 Å². The highest BCUT2D eigenvalue weighted by Gasteiger charge is 2.20. The molecule has 0 aliphatic rings. The first kappa shape index (κ1) is 13.4. The highest BCUT2D eigenvalue weighted by molar-refractivity contribution is 5.44. The molecule has 0 bridgehead atoms. The minimum Gasteiger partial charge on any atom is -0.496 e. The summed E-state index contributed by atoms with van der Waals surface area (Å²) in [6.07, 6.45) is 0.661. The molecule has 0 aliphatic carbocycles. The molecule has 0 spiro atoms. The molecule has 0 amide bonds. The molecule has 1 aromatic rings. The van der Waals surface area contributed by atoms with Crippen molar-refractivity contribution >= 4 is 5.69 Å². The van der Waals surface area contributed by atoms with E-state index in [1.807, 2.05) is 20.9 Å². The zero-order valence-corrected chi connectivity index (χ0v) is 10.6. The van der Waals surface area contributed by atoms with Crippen molar-refractivity contribution in [2.24, 2.45) is 0 Å². The Kier molecular flexibility index (Phi) is 4.07. The number of ether oxygens (including phenoxy) is 1. The van der Waals surface area contributed by atoms with Crippen LogP contribution in [-0.4, -0.2) is 24.6 Å². The van der Waals surface area contributed by atoms with Crippen LogP contribution in [0.1, 0.15) is 19.4 Å². The standard InChI is InChI=1S/C12H18N2O3/c1-12(2,13-3)8-9-7-10(14(15)16)5-6-11(9)17-4/h5-7,13H,8H2,1-4H3. The molecule has 0 saturated heterocycles. The quantitative estimate of drug-likeness (QED) is 0.630. The van der Waals surface area contributed by atoms with E-state index in [4.69, 9.17) is 4.74 Å². The van der Waals surface area contributed by atoms with Gasteiger partial charge in [-0.2, -0.15) is 0 Å². The molecule has 0 fully saturated rings. The van der Waals surface area contributed by atoms with Gasteiger partial charge < -0.3 is 10.1 Å². The molecule has 5 heteroatoms. The molecule has 0 aromatic heterocycles. The number of methoxy groups -OCH3 is 1. The van der Waals surface area contributed by atoms with Gasteiger partial charge in [-0.25, -0.2) is 0 Å². The number of benzene rings is 1. The molecular formula is C12H18N2O3. The van der Waals surface area contributed by atoms with Crippen LogP contribution < -0.4 is 10.1 Å². The van der Waals surface area contributed by atoms with E-state index in [2.05, 4.69) is 5.32 Å². The van der Waals surface area contributed by atoms with Crippen LogP contribution in [0, 0.1) is 10.1 Å². The largest absolute Gasteiger partial charge is 0.496 e. The SMILES string of the molecule is CNC(C)(C)Cc1cc([N+](=O)[O-])ccc1OC. The fourth-order valence-corrected chi connectivity index (χ4v) is 1.58. The Morgan fingerprint density at radius 3 is 2.59 bits per heavy atom. The number of rotatable bonds is 5. The van der Waals surface area contributed by atoms with Gasteiger partial charge in [0, 0.05) is 23.2 Å². The fraction of sp³-hybridized carbons (Fsp3) is 0.500. The molecule has 0 radical (unpaired) electrons. The number of hydrogen-bond donors (Lipinski definition) is 1. The van der Waals surface area contributed by atoms with E-state index < -0.39 is 4.92 Å². The molecule has 0 saturated carbocycles. The van der Waals surface area contributed by atoms with E-state index in [0.717, 1.165) is 5.56 Å². The van der Waals surface area contributed by atoms with Crippen molar-refractivity contribution in [3.63, 3.8) is 0 Å². The van der Waals surface area contributed by atoms with Gasteiger partial charge in [0.2, 0.25) is 0 Å². The zero-order valence-electron chi connectivity index (χ0n) is 10.6. The summed E-state index contributed by atoms with van der Waals surface area (Å²) in [6.45, 7) is 4.07. The predicted molar refractivity (Wildman–Crippen MR) is 66.5 cm³/mol. The van der Waals surface area contributed by atoms with E-state index in [0.29, 0.717) is 12.2 Å². The van der Waals surface area contributed by atoms with Crippen LogP contribution in [0.2, 0.25) is 0 Å². The van der Waals surface area contributed by atoms with Gasteiger partial charge in [0.1, 0.15) is 5.75 Å². The lowest BCUT2D eigenvalue weighted by atomic mass is 9.94. The van der Waals surface area contributed by atoms with Crippen molar-refractivity contribution in [1.29, 1.82) is 0 Å². The highest BCUT2D eigenvalue weighted by Crippen LogP contribution is 2.27. The number of nitro benzene ring substituents is 1. The summed E-state index contributed by atoms with van der Waals surface area (Å²) in [5.74, 6) is 0.680. The third-order valence-corrected chi connectivity index (χ3v) is 2.78. The van der Waals surface area contributed by atoms with Crippen LogP contribution in [0.5, 0.6) is 5.75 Å². The zero-order chi connectivity index (χ0) is 13.1. The maximum absolute atomic E-state index is 10.7. The molecule has 1 rings (SSSR count). The number of non-ortho nitro benzene ring substituents is 1. The number of nitrogens with one attached hydrogen (secondary N) is 1. The van der Waals surface area contributed by atoms with E-state index >= 15 is 0 Å². The molecule has 94 valence electrons. The van der Waals surface area contributed by atoms with Crippen LogP contribution in [0.4, 0.5) is 5.69 Å². The minimum atomic E-state index is -0.394. The normalized spacial score (nSPS) is 11.3. The lowest BCUT2D eigenvalue weighted by molar-refractivity contribution is -0.384. The van der Waals surface area contributed by atoms with Crippen molar-refractivity contribution in [3.8, 4) is 5.75 Å². The predicted octanol–water partition coefficient (Wildman–Crippen LogP) is 2.14. The molecular weight excluding hydrogens is 220 g/mol. The smallest absolute Gasteiger partial charge is 0.269 e. The molecule has 0 aliphatic heterocycles. The van der Waals surface area contributed by atoms with Gasteiger partial charge in [-0.1, -0.05) is 0 Å². The molecule has 0 atom stereocenters. The van der Waals surface area contributed by atoms with E-state index in [9.17, 15) is 10.1 Å². The van der Waals surface area contributed by atoms with E-state index in [1.54, 1.807) is 19.2 Å². The summed E-state index contributed by atoms with van der Waals surface area (Å²) in [4.78, 5) is 10.3. The van der Waals surface area contributed by atoms with Crippen LogP contribution in [0.15, 0.2) is 18.2 Å². The first-order valence-electron chi connectivity index (χ1n) is 5.40. The van der Waals surface area contributed by atoms with Crippen LogP contribution in [0.25, 0.3) is 0 Å². The topological polar surface area (TPSA) is 64.4 Å². The monoisotopic (exact) mass is 238 g/mol. The Balaban J connectivity index is 3.10. The molecule has 1 aromatic carbocycles. The maximum atomic E-state index is 10.7. The second-order valence-electron chi connectivity index (χ2n) is 4.56. The van der Waals surface area contributed by atoms with Gasteiger partial charge >= 0.3 is 0 Å². The van der Waals surface area contributed by atoms with Gasteiger partial charge in [-0.15, -0.1) is 0 Å². The van der Waals surface area contributed by atoms with Crippen LogP contribution >= 0.6 is 0 Å². The molecule has 0 heterocycles. The Labute approximate surface area is 101 Å². The van der Waals surface area contributed by atoms with Gasteiger partial charge in [-0.05, 0) is 33.4 Å². The van der Waals surface area contributed by atoms with Gasteiger partial charge in [-0.3, -0.25) is 10.1 Å². The average molecular weight is 238 g/mol. The first-order chi connectivity index (χ1) is 7.89. The second-order valence-corrected chi connectivity index (χ2v) is 4.56. The van der Waals surface area contributed by atoms with E-state index in [-0.39, 0.29) is 11.2 Å². The fourth-order valence-electron chi connectivity index (χ4n) is 1.58. The second kappa shape index (κ2) is 5.14. The van der Waals surface area contributed by atoms with Crippen molar-refractivity contribution < 1.29 is 9.66 Å². The average Bonchev–Trinajstić information content (AvgIpc) is 2.28. The summed E-state index contributed by atoms with van der Waals surface area (Å²) in [6, 6.07) is 4.66. The summed E-state index contributed by atoms with van der Waals surface area (Å²) >= 11 is 0. The molecule has 17 heavy (non-hydrogen) atoms. The molecule has 5 nitrogen and oxygen atoms in total. The number of nitro groups is 1. The summed E-state index contributed by atoms with van der Waals surface area (Å²) in [5.41, 5.74) is 0.788. The number of likely N-dealkylation sites (N-methyl/N-ethyl adjacent to an activating group) is 1. The van der Waals surface area contributed by atoms with Gasteiger partial charge in [0.05, 0.1) is 12.0 Å². The highest BCUT2D eigenvalue weighted by atomic mass is 16.6. The maximum Gasteiger partial charge on any atom is 0.269 e. The van der Waals surface area contributed by atoms with Crippen molar-refractivity contribution in [1.82, 2.24) is 5.32 Å². The lowest BCUT2D eigenvalue weighted by Crippen LogP contribution is -2.38. The van der Waals surface area contributed by atoms with Crippen molar-refractivity contribution in [2.45, 2.75) is 25.8 Å². The number of hydrogen-bond acceptors (Lipinski definition) is 4. The third kappa shape index (κ3) is 3.42. The van der Waals surface area contributed by atoms with Gasteiger partial charge in [0.15, 0.2) is 0 Å². The van der Waals surface area contributed by atoms with E-state index in [1.165, 1.54) is 6.07 Å². The Bertz CT molecular complexity index is 416. The van der Waals surface area contributed by atoms with Crippen molar-refractivity contribution in [3.05, 3.63) is 33.9 Å². The lowest BCUT2D eigenvalue weighted by Gasteiger charge is -2.24. The number of nitrogens with zero attached hydrogens (tertiary/aromatic N) is 1. The first-order valence-corrected chi connectivity index (χ1v) is 5.40. The Hall–Kier alpha value is -1.62. The minimum absolute atomic E-state index is 0.0905. The Morgan fingerprint density at radius 1 is 1.47 bits per heavy atom. The third-order valence-electron chi connectivity index (χ3n) is 2.78. The molecule has 1 N–H and O–H groups in total. The summed E-state index contributed by atoms with van der Waals surface area (Å²) in [7, 11) is 3.43. The van der Waals surface area contributed by atoms with Crippen LogP contribution in [-0.2, 0) is 6.42 Å². The van der Waals surface area contributed by atoms with Crippen molar-refractivity contribution in [2.75, 3.05) is 14.2 Å². The molecule has 0 unspecified atom stereocenters.